The lowest BCUT2D eigenvalue weighted by molar-refractivity contribution is 0.568. The van der Waals surface area contributed by atoms with Crippen LogP contribution in [-0.4, -0.2) is 0 Å². The maximum Gasteiger partial charge on any atom is 0.144 e. The minimum atomic E-state index is 0.164. The van der Waals surface area contributed by atoms with E-state index in [0.29, 0.717) is 11.8 Å². The molecule has 63 heavy (non-hydrogen) atoms. The van der Waals surface area contributed by atoms with E-state index < -0.39 is 0 Å². The van der Waals surface area contributed by atoms with Crippen molar-refractivity contribution in [1.29, 1.82) is 0 Å². The molecule has 0 N–H and O–H groups in total. The molecule has 2 aliphatic carbocycles. The molecule has 0 fully saturated rings. The van der Waals surface area contributed by atoms with Crippen molar-refractivity contribution in [1.82, 2.24) is 0 Å². The van der Waals surface area contributed by atoms with Gasteiger partial charge in [0.15, 0.2) is 0 Å². The van der Waals surface area contributed by atoms with E-state index in [1.807, 2.05) is 12.1 Å². The summed E-state index contributed by atoms with van der Waals surface area (Å²) in [5, 5.41) is 4.38. The van der Waals surface area contributed by atoms with Gasteiger partial charge < -0.3 is 8.83 Å². The van der Waals surface area contributed by atoms with E-state index in [9.17, 15) is 0 Å². The minimum Gasteiger partial charge on any atom is -0.455 e. The number of hydrogen-bond acceptors (Lipinski definition) is 2. The molecule has 0 saturated carbocycles. The van der Waals surface area contributed by atoms with Crippen LogP contribution < -0.4 is 0 Å². The number of furan rings is 2. The summed E-state index contributed by atoms with van der Waals surface area (Å²) in [5.41, 5.74) is 22.1. The van der Waals surface area contributed by atoms with Gasteiger partial charge in [-0.1, -0.05) is 165 Å². The predicted molar refractivity (Wildman–Crippen MR) is 258 cm³/mol. The van der Waals surface area contributed by atoms with E-state index in [1.165, 1.54) is 72.3 Å². The van der Waals surface area contributed by atoms with E-state index in [4.69, 9.17) is 8.83 Å². The lowest BCUT2D eigenvalue weighted by atomic mass is 9.68. The first-order chi connectivity index (χ1) is 31.1. The molecule has 0 bridgehead atoms. The Morgan fingerprint density at radius 2 is 1.27 bits per heavy atom. The van der Waals surface area contributed by atoms with Crippen LogP contribution in [0.1, 0.15) is 64.5 Å². The van der Waals surface area contributed by atoms with Crippen molar-refractivity contribution >= 4 is 43.9 Å². The zero-order valence-electron chi connectivity index (χ0n) is 35.0. The van der Waals surface area contributed by atoms with Crippen LogP contribution in [0.3, 0.4) is 0 Å². The number of hydrogen-bond donors (Lipinski definition) is 0. The summed E-state index contributed by atoms with van der Waals surface area (Å²) in [5.74, 6) is 0.751. The van der Waals surface area contributed by atoms with Crippen LogP contribution in [0.2, 0.25) is 0 Å². The molecule has 2 nitrogen and oxygen atoms in total. The molecule has 0 spiro atoms. The van der Waals surface area contributed by atoms with E-state index in [-0.39, 0.29) is 5.92 Å². The molecule has 2 heteroatoms. The highest BCUT2D eigenvalue weighted by Gasteiger charge is 2.35. The molecule has 0 aliphatic heterocycles. The second-order valence-electron chi connectivity index (χ2n) is 17.7. The van der Waals surface area contributed by atoms with Crippen molar-refractivity contribution in [2.24, 2.45) is 0 Å². The largest absolute Gasteiger partial charge is 0.455 e. The fourth-order valence-corrected chi connectivity index (χ4v) is 11.2. The Morgan fingerprint density at radius 1 is 0.524 bits per heavy atom. The second kappa shape index (κ2) is 14.2. The Kier molecular flexibility index (Phi) is 8.15. The van der Waals surface area contributed by atoms with Crippen LogP contribution in [0, 0.1) is 12.1 Å². The predicted octanol–water partition coefficient (Wildman–Crippen LogP) is 16.3. The van der Waals surface area contributed by atoms with Crippen molar-refractivity contribution in [2.45, 2.75) is 43.9 Å². The Labute approximate surface area is 367 Å². The van der Waals surface area contributed by atoms with E-state index in [0.717, 1.165) is 68.7 Å². The number of rotatable bonds is 5. The molecule has 11 aromatic rings. The number of fused-ring (bicyclic) bond motifs is 13. The summed E-state index contributed by atoms with van der Waals surface area (Å²) >= 11 is 0. The molecule has 3 unspecified atom stereocenters. The molecule has 0 radical (unpaired) electrons. The smallest absolute Gasteiger partial charge is 0.144 e. The molecule has 2 aliphatic rings. The number of benzene rings is 8. The summed E-state index contributed by atoms with van der Waals surface area (Å²) in [6.45, 7) is 2.44. The second-order valence-corrected chi connectivity index (χ2v) is 17.7. The summed E-state index contributed by atoms with van der Waals surface area (Å²) < 4.78 is 12.9. The molecule has 3 atom stereocenters. The highest BCUT2D eigenvalue weighted by Crippen LogP contribution is 2.54. The zero-order valence-corrected chi connectivity index (χ0v) is 35.0. The van der Waals surface area contributed by atoms with Crippen molar-refractivity contribution in [2.75, 3.05) is 0 Å². The fourth-order valence-electron chi connectivity index (χ4n) is 11.2. The molecule has 298 valence electrons. The SMILES string of the molecule is CC(c1ccc(-c2ccccc2)cc1)C1Cc2ccccc2-c2c1ccc1c2-c2cc(-c3cccc4c3oc3ccccc34)ccc2CCC1c1ccc2oc3ccc#cc3c2c1. The van der Waals surface area contributed by atoms with Gasteiger partial charge in [-0.3, -0.25) is 0 Å². The van der Waals surface area contributed by atoms with Gasteiger partial charge >= 0.3 is 0 Å². The molecule has 2 aromatic heterocycles. The zero-order chi connectivity index (χ0) is 41.6. The monoisotopic (exact) mass is 806 g/mol. The molecular formula is C61H42O2. The van der Waals surface area contributed by atoms with Crippen molar-refractivity contribution in [3.8, 4) is 44.5 Å². The topological polar surface area (TPSA) is 26.3 Å². The van der Waals surface area contributed by atoms with E-state index in [2.05, 4.69) is 189 Å². The van der Waals surface area contributed by atoms with E-state index in [1.54, 1.807) is 0 Å². The van der Waals surface area contributed by atoms with Crippen LogP contribution in [-0.2, 0) is 12.8 Å². The summed E-state index contributed by atoms with van der Waals surface area (Å²) in [6.07, 6.45) is 2.94. The minimum absolute atomic E-state index is 0.164. The van der Waals surface area contributed by atoms with Gasteiger partial charge in [-0.25, -0.2) is 0 Å². The quantitative estimate of drug-likeness (QED) is 0.173. The van der Waals surface area contributed by atoms with E-state index >= 15 is 0 Å². The Morgan fingerprint density at radius 3 is 2.19 bits per heavy atom. The Hall–Kier alpha value is -7.60. The first kappa shape index (κ1) is 36.1. The molecule has 0 amide bonds. The fraction of sp³-hybridized carbons (Fsp3) is 0.115. The maximum absolute atomic E-state index is 6.65. The van der Waals surface area contributed by atoms with Crippen LogP contribution in [0.15, 0.2) is 191 Å². The Balaban J connectivity index is 1.03. The summed E-state index contributed by atoms with van der Waals surface area (Å²) in [4.78, 5) is 0. The van der Waals surface area contributed by atoms with Crippen molar-refractivity contribution < 1.29 is 8.83 Å². The standard InChI is InChI=1S/C61H42O2/c1-37(38-22-24-40(25-23-38)39-12-3-2-4-13-39)53-34-42-14-5-6-15-46(42)59-51(53)32-31-50-45(43-29-33-58-55(36-43)49-17-8-9-20-56(49)62-58)30-28-41-26-27-44(35-54(41)60(50)59)47-18-11-19-52-48-16-7-10-21-57(48)63-61(47)52/h2-7,9-16,18-27,29,31-33,35-37,45,53H,28,30,34H2,1H3. The molecule has 2 heterocycles. The van der Waals surface area contributed by atoms with Crippen LogP contribution in [0.5, 0.6) is 0 Å². The molecule has 0 saturated heterocycles. The third-order valence-corrected chi connectivity index (χ3v) is 14.4. The van der Waals surface area contributed by atoms with Gasteiger partial charge in [0.25, 0.3) is 0 Å². The first-order valence-electron chi connectivity index (χ1n) is 22.3. The van der Waals surface area contributed by atoms with Crippen LogP contribution in [0.4, 0.5) is 0 Å². The van der Waals surface area contributed by atoms with Gasteiger partial charge in [-0.15, -0.1) is 0 Å². The summed E-state index contributed by atoms with van der Waals surface area (Å²) in [6, 6.07) is 73.6. The molecular weight excluding hydrogens is 765 g/mol. The molecule has 9 aromatic carbocycles. The molecule has 13 rings (SSSR count). The van der Waals surface area contributed by atoms with Crippen molar-refractivity contribution in [3.63, 3.8) is 0 Å². The van der Waals surface area contributed by atoms with Crippen LogP contribution in [0.25, 0.3) is 88.4 Å². The Bertz CT molecular complexity index is 3570. The van der Waals surface area contributed by atoms with Gasteiger partial charge in [0.05, 0.1) is 5.39 Å². The van der Waals surface area contributed by atoms with Gasteiger partial charge in [-0.05, 0) is 140 Å². The first-order valence-corrected chi connectivity index (χ1v) is 22.3. The van der Waals surface area contributed by atoms with Gasteiger partial charge in [0, 0.05) is 27.6 Å². The van der Waals surface area contributed by atoms with Crippen molar-refractivity contribution in [3.05, 3.63) is 228 Å². The summed E-state index contributed by atoms with van der Waals surface area (Å²) in [7, 11) is 0. The normalized spacial score (nSPS) is 16.0. The third kappa shape index (κ3) is 5.73. The third-order valence-electron chi connectivity index (χ3n) is 14.4. The van der Waals surface area contributed by atoms with Gasteiger partial charge in [0.1, 0.15) is 22.3 Å². The highest BCUT2D eigenvalue weighted by molar-refractivity contribution is 6.10. The number of aryl methyl sites for hydroxylation is 1. The lowest BCUT2D eigenvalue weighted by Gasteiger charge is -2.35. The average molecular weight is 807 g/mol. The van der Waals surface area contributed by atoms with Gasteiger partial charge in [-0.2, -0.15) is 0 Å². The number of para-hydroxylation sites is 2. The lowest BCUT2D eigenvalue weighted by Crippen LogP contribution is -2.18. The average Bonchev–Trinajstić information content (AvgIpc) is 3.87. The maximum atomic E-state index is 6.65. The highest BCUT2D eigenvalue weighted by atomic mass is 16.3. The van der Waals surface area contributed by atoms with Crippen LogP contribution >= 0.6 is 0 Å². The van der Waals surface area contributed by atoms with Gasteiger partial charge in [0.2, 0.25) is 0 Å².